The zero-order valence-electron chi connectivity index (χ0n) is 12.5. The second kappa shape index (κ2) is 7.36. The van der Waals surface area contributed by atoms with Gasteiger partial charge in [-0.25, -0.2) is 4.79 Å². The smallest absolute Gasteiger partial charge is 0.345 e. The number of benzene rings is 2. The third kappa shape index (κ3) is 3.91. The first-order valence-corrected chi connectivity index (χ1v) is 6.79. The summed E-state index contributed by atoms with van der Waals surface area (Å²) in [4.78, 5) is 11.5. The van der Waals surface area contributed by atoms with Gasteiger partial charge in [-0.2, -0.15) is 0 Å². The zero-order chi connectivity index (χ0) is 15.9. The van der Waals surface area contributed by atoms with Gasteiger partial charge in [-0.05, 0) is 30.3 Å². The average Bonchev–Trinajstić information content (AvgIpc) is 2.55. The van der Waals surface area contributed by atoms with Crippen LogP contribution in [0.3, 0.4) is 0 Å². The molecule has 0 bridgehead atoms. The predicted molar refractivity (Wildman–Crippen MR) is 81.7 cm³/mol. The van der Waals surface area contributed by atoms with Crippen molar-refractivity contribution in [3.63, 3.8) is 0 Å². The first kappa shape index (κ1) is 15.7. The Bertz CT molecular complexity index is 624. The van der Waals surface area contributed by atoms with E-state index in [1.807, 2.05) is 6.07 Å². The normalized spacial score (nSPS) is 11.5. The number of ether oxygens (including phenoxy) is 3. The monoisotopic (exact) mass is 302 g/mol. The number of methoxy groups -OCH3 is 2. The molecule has 116 valence electrons. The Morgan fingerprint density at radius 2 is 1.77 bits per heavy atom. The van der Waals surface area contributed by atoms with Gasteiger partial charge < -0.3 is 19.3 Å². The van der Waals surface area contributed by atoms with E-state index in [1.165, 1.54) is 0 Å². The highest BCUT2D eigenvalue weighted by Crippen LogP contribution is 2.26. The second-order valence-electron chi connectivity index (χ2n) is 4.64. The van der Waals surface area contributed by atoms with Crippen LogP contribution in [0.5, 0.6) is 17.2 Å². The molecule has 0 spiro atoms. The van der Waals surface area contributed by atoms with Crippen molar-refractivity contribution in [2.75, 3.05) is 14.2 Å². The Balaban J connectivity index is 2.22. The zero-order valence-corrected chi connectivity index (χ0v) is 12.5. The lowest BCUT2D eigenvalue weighted by molar-refractivity contribution is -0.145. The molecule has 0 aliphatic rings. The third-order valence-electron chi connectivity index (χ3n) is 3.19. The number of carboxylic acids is 1. The van der Waals surface area contributed by atoms with E-state index in [2.05, 4.69) is 0 Å². The molecule has 0 aromatic heterocycles. The Kier molecular flexibility index (Phi) is 5.25. The number of aliphatic carboxylic acids is 1. The highest BCUT2D eigenvalue weighted by atomic mass is 16.5. The molecule has 2 aromatic rings. The van der Waals surface area contributed by atoms with Gasteiger partial charge in [-0.15, -0.1) is 0 Å². The van der Waals surface area contributed by atoms with Crippen molar-refractivity contribution in [1.82, 2.24) is 0 Å². The summed E-state index contributed by atoms with van der Waals surface area (Å²) in [6, 6.07) is 14.1. The topological polar surface area (TPSA) is 65.0 Å². The Labute approximate surface area is 129 Å². The summed E-state index contributed by atoms with van der Waals surface area (Å²) in [5.41, 5.74) is 0.713. The molecular formula is C17H18O5. The SMILES string of the molecule is COc1ccc(OC)c(CC(Oc2ccccc2)C(=O)O)c1. The van der Waals surface area contributed by atoms with E-state index in [1.54, 1.807) is 56.7 Å². The molecule has 0 radical (unpaired) electrons. The summed E-state index contributed by atoms with van der Waals surface area (Å²) < 4.78 is 16.0. The van der Waals surface area contributed by atoms with Crippen LogP contribution in [0.25, 0.3) is 0 Å². The van der Waals surface area contributed by atoms with Crippen LogP contribution in [0.2, 0.25) is 0 Å². The molecule has 1 atom stereocenters. The van der Waals surface area contributed by atoms with Crippen molar-refractivity contribution in [2.45, 2.75) is 12.5 Å². The van der Waals surface area contributed by atoms with E-state index in [0.717, 1.165) is 0 Å². The lowest BCUT2D eigenvalue weighted by atomic mass is 10.1. The van der Waals surface area contributed by atoms with E-state index in [-0.39, 0.29) is 6.42 Å². The largest absolute Gasteiger partial charge is 0.497 e. The van der Waals surface area contributed by atoms with E-state index in [9.17, 15) is 9.90 Å². The first-order valence-electron chi connectivity index (χ1n) is 6.79. The Morgan fingerprint density at radius 1 is 1.05 bits per heavy atom. The van der Waals surface area contributed by atoms with Crippen molar-refractivity contribution < 1.29 is 24.1 Å². The minimum absolute atomic E-state index is 0.171. The van der Waals surface area contributed by atoms with Gasteiger partial charge >= 0.3 is 5.97 Å². The molecule has 5 heteroatoms. The fourth-order valence-corrected chi connectivity index (χ4v) is 2.08. The van der Waals surface area contributed by atoms with Gasteiger partial charge in [0.1, 0.15) is 17.2 Å². The molecule has 0 amide bonds. The van der Waals surface area contributed by atoms with Crippen LogP contribution < -0.4 is 14.2 Å². The first-order chi connectivity index (χ1) is 10.6. The van der Waals surface area contributed by atoms with Gasteiger partial charge in [0.25, 0.3) is 0 Å². The highest BCUT2D eigenvalue weighted by Gasteiger charge is 2.22. The van der Waals surface area contributed by atoms with Gasteiger partial charge in [0, 0.05) is 12.0 Å². The number of rotatable bonds is 7. The quantitative estimate of drug-likeness (QED) is 0.852. The summed E-state index contributed by atoms with van der Waals surface area (Å²) >= 11 is 0. The molecule has 0 saturated carbocycles. The molecular weight excluding hydrogens is 284 g/mol. The van der Waals surface area contributed by atoms with Gasteiger partial charge in [0.2, 0.25) is 0 Å². The summed E-state index contributed by atoms with van der Waals surface area (Å²) in [6.45, 7) is 0. The molecule has 1 N–H and O–H groups in total. The fourth-order valence-electron chi connectivity index (χ4n) is 2.08. The number of carboxylic acid groups (broad SMARTS) is 1. The van der Waals surface area contributed by atoms with Crippen LogP contribution in [0.15, 0.2) is 48.5 Å². The maximum atomic E-state index is 11.5. The number of hydrogen-bond acceptors (Lipinski definition) is 4. The van der Waals surface area contributed by atoms with Crippen molar-refractivity contribution in [3.8, 4) is 17.2 Å². The molecule has 1 unspecified atom stereocenters. The minimum atomic E-state index is -1.03. The molecule has 2 rings (SSSR count). The number of carbonyl (C=O) groups is 1. The molecule has 0 fully saturated rings. The van der Waals surface area contributed by atoms with Crippen LogP contribution in [-0.2, 0) is 11.2 Å². The standard InChI is InChI=1S/C17H18O5/c1-20-14-8-9-15(21-2)12(10-14)11-16(17(18)19)22-13-6-4-3-5-7-13/h3-10,16H,11H2,1-2H3,(H,18,19). The summed E-state index contributed by atoms with van der Waals surface area (Å²) in [5.74, 6) is 0.717. The maximum Gasteiger partial charge on any atom is 0.345 e. The van der Waals surface area contributed by atoms with E-state index in [4.69, 9.17) is 14.2 Å². The summed E-state index contributed by atoms with van der Waals surface area (Å²) in [7, 11) is 3.10. The van der Waals surface area contributed by atoms with Gasteiger partial charge in [0.05, 0.1) is 14.2 Å². The molecule has 0 heterocycles. The van der Waals surface area contributed by atoms with E-state index < -0.39 is 12.1 Å². The van der Waals surface area contributed by atoms with Crippen molar-refractivity contribution in [2.24, 2.45) is 0 Å². The van der Waals surface area contributed by atoms with E-state index >= 15 is 0 Å². The molecule has 0 aliphatic carbocycles. The Morgan fingerprint density at radius 3 is 2.36 bits per heavy atom. The highest BCUT2D eigenvalue weighted by molar-refractivity contribution is 5.73. The molecule has 0 aliphatic heterocycles. The summed E-state index contributed by atoms with van der Waals surface area (Å²) in [5, 5.41) is 9.39. The van der Waals surface area contributed by atoms with E-state index in [0.29, 0.717) is 22.8 Å². The average molecular weight is 302 g/mol. The van der Waals surface area contributed by atoms with Crippen LogP contribution >= 0.6 is 0 Å². The molecule has 2 aromatic carbocycles. The lowest BCUT2D eigenvalue weighted by Gasteiger charge is -2.17. The Hall–Kier alpha value is -2.69. The fraction of sp³-hybridized carbons (Fsp3) is 0.235. The molecule has 0 saturated heterocycles. The van der Waals surface area contributed by atoms with Gasteiger partial charge in [-0.3, -0.25) is 0 Å². The van der Waals surface area contributed by atoms with Crippen LogP contribution in [0, 0.1) is 0 Å². The predicted octanol–water partition coefficient (Wildman–Crippen LogP) is 2.78. The van der Waals surface area contributed by atoms with Crippen molar-refractivity contribution >= 4 is 5.97 Å². The maximum absolute atomic E-state index is 11.5. The summed E-state index contributed by atoms with van der Waals surface area (Å²) in [6.07, 6.45) is -0.840. The molecule has 22 heavy (non-hydrogen) atoms. The second-order valence-corrected chi connectivity index (χ2v) is 4.64. The number of para-hydroxylation sites is 1. The van der Waals surface area contributed by atoms with Crippen LogP contribution in [0.4, 0.5) is 0 Å². The van der Waals surface area contributed by atoms with Crippen molar-refractivity contribution in [1.29, 1.82) is 0 Å². The van der Waals surface area contributed by atoms with Crippen LogP contribution in [-0.4, -0.2) is 31.4 Å². The molecule has 5 nitrogen and oxygen atoms in total. The minimum Gasteiger partial charge on any atom is -0.497 e. The third-order valence-corrected chi connectivity index (χ3v) is 3.19. The van der Waals surface area contributed by atoms with Gasteiger partial charge in [0.15, 0.2) is 6.10 Å². The number of hydrogen-bond donors (Lipinski definition) is 1. The van der Waals surface area contributed by atoms with Gasteiger partial charge in [-0.1, -0.05) is 18.2 Å². The van der Waals surface area contributed by atoms with Crippen LogP contribution in [0.1, 0.15) is 5.56 Å². The lowest BCUT2D eigenvalue weighted by Crippen LogP contribution is -2.29. The van der Waals surface area contributed by atoms with Crippen molar-refractivity contribution in [3.05, 3.63) is 54.1 Å².